The predicted octanol–water partition coefficient (Wildman–Crippen LogP) is 4.98. The molecule has 1 N–H and O–H groups in total. The Morgan fingerprint density at radius 1 is 1.18 bits per heavy atom. The monoisotopic (exact) mass is 388 g/mol. The molecular weight excluding hydrogens is 368 g/mol. The standard InChI is InChI=1S/C22H20N4OS/c1-3-13-26-21(16-9-5-4-6-10-16)24-25-22(26)28-15(2)20(27)18-14-23-19-12-8-7-11-17(18)19/h3-12,14-15,23H,1,13H2,2H3/t15-/m1/s1. The molecule has 0 spiro atoms. The van der Waals surface area contributed by atoms with Crippen molar-refractivity contribution in [2.75, 3.05) is 0 Å². The van der Waals surface area contributed by atoms with Crippen molar-refractivity contribution in [3.05, 3.63) is 79.0 Å². The Morgan fingerprint density at radius 2 is 1.93 bits per heavy atom. The van der Waals surface area contributed by atoms with Gasteiger partial charge in [-0.2, -0.15) is 0 Å². The molecule has 4 rings (SSSR count). The summed E-state index contributed by atoms with van der Waals surface area (Å²) in [5.41, 5.74) is 2.65. The SMILES string of the molecule is C=CCn1c(S[C@H](C)C(=O)c2c[nH]c3ccccc23)nnc1-c1ccccc1. The summed E-state index contributed by atoms with van der Waals surface area (Å²) in [6, 6.07) is 17.7. The third-order valence-electron chi connectivity index (χ3n) is 4.57. The Labute approximate surface area is 167 Å². The van der Waals surface area contributed by atoms with Crippen LogP contribution < -0.4 is 0 Å². The molecule has 0 saturated heterocycles. The van der Waals surface area contributed by atoms with Crippen LogP contribution in [0.5, 0.6) is 0 Å². The number of para-hydroxylation sites is 1. The normalized spacial score (nSPS) is 12.2. The number of H-pyrrole nitrogens is 1. The van der Waals surface area contributed by atoms with E-state index >= 15 is 0 Å². The molecule has 2 aromatic heterocycles. The minimum atomic E-state index is -0.296. The number of nitrogens with one attached hydrogen (secondary N) is 1. The average Bonchev–Trinajstić information content (AvgIpc) is 3.33. The number of benzene rings is 2. The van der Waals surface area contributed by atoms with Crippen LogP contribution in [0.2, 0.25) is 0 Å². The topological polar surface area (TPSA) is 63.6 Å². The lowest BCUT2D eigenvalue weighted by molar-refractivity contribution is 0.0995. The van der Waals surface area contributed by atoms with E-state index in [1.165, 1.54) is 11.8 Å². The fraction of sp³-hybridized carbons (Fsp3) is 0.136. The van der Waals surface area contributed by atoms with Gasteiger partial charge in [0.25, 0.3) is 0 Å². The van der Waals surface area contributed by atoms with Crippen molar-refractivity contribution >= 4 is 28.4 Å². The summed E-state index contributed by atoms with van der Waals surface area (Å²) in [4.78, 5) is 16.2. The van der Waals surface area contributed by atoms with Crippen molar-refractivity contribution < 1.29 is 4.79 Å². The number of rotatable bonds is 7. The van der Waals surface area contributed by atoms with Gasteiger partial charge in [0.2, 0.25) is 0 Å². The Kier molecular flexibility index (Phi) is 5.12. The van der Waals surface area contributed by atoms with Gasteiger partial charge in [0.15, 0.2) is 16.8 Å². The molecule has 0 bridgehead atoms. The lowest BCUT2D eigenvalue weighted by atomic mass is 10.1. The highest BCUT2D eigenvalue weighted by atomic mass is 32.2. The largest absolute Gasteiger partial charge is 0.360 e. The maximum atomic E-state index is 13.1. The van der Waals surface area contributed by atoms with E-state index in [1.54, 1.807) is 6.20 Å². The number of thioether (sulfide) groups is 1. The number of aromatic amines is 1. The van der Waals surface area contributed by atoms with Crippen LogP contribution in [-0.4, -0.2) is 30.8 Å². The lowest BCUT2D eigenvalue weighted by Crippen LogP contribution is -2.14. The molecule has 4 aromatic rings. The van der Waals surface area contributed by atoms with E-state index in [1.807, 2.05) is 72.2 Å². The van der Waals surface area contributed by atoms with E-state index in [0.717, 1.165) is 22.3 Å². The second kappa shape index (κ2) is 7.86. The van der Waals surface area contributed by atoms with E-state index in [4.69, 9.17) is 0 Å². The van der Waals surface area contributed by atoms with E-state index in [-0.39, 0.29) is 11.0 Å². The molecule has 2 heterocycles. The number of nitrogens with zero attached hydrogens (tertiary/aromatic N) is 3. The third-order valence-corrected chi connectivity index (χ3v) is 5.65. The Hall–Kier alpha value is -3.12. The summed E-state index contributed by atoms with van der Waals surface area (Å²) in [5, 5.41) is 10.1. The maximum Gasteiger partial charge on any atom is 0.192 e. The molecule has 0 fully saturated rings. The molecular formula is C22H20N4OS. The fourth-order valence-corrected chi connectivity index (χ4v) is 4.10. The zero-order chi connectivity index (χ0) is 19.5. The molecule has 0 aliphatic carbocycles. The van der Waals surface area contributed by atoms with Gasteiger partial charge in [0.05, 0.1) is 5.25 Å². The Morgan fingerprint density at radius 3 is 2.71 bits per heavy atom. The van der Waals surface area contributed by atoms with Gasteiger partial charge in [-0.25, -0.2) is 0 Å². The first kappa shape index (κ1) is 18.3. The quantitative estimate of drug-likeness (QED) is 0.276. The van der Waals surface area contributed by atoms with Gasteiger partial charge in [-0.3, -0.25) is 9.36 Å². The zero-order valence-electron chi connectivity index (χ0n) is 15.5. The Bertz CT molecular complexity index is 1130. The molecule has 0 radical (unpaired) electrons. The van der Waals surface area contributed by atoms with Gasteiger partial charge in [-0.05, 0) is 13.0 Å². The van der Waals surface area contributed by atoms with Crippen LogP contribution in [0.1, 0.15) is 17.3 Å². The molecule has 0 saturated carbocycles. The molecule has 5 nitrogen and oxygen atoms in total. The van der Waals surface area contributed by atoms with Gasteiger partial charge in [-0.1, -0.05) is 66.4 Å². The first-order chi connectivity index (χ1) is 13.7. The van der Waals surface area contributed by atoms with E-state index in [2.05, 4.69) is 21.8 Å². The molecule has 0 aliphatic heterocycles. The number of carbonyl (C=O) groups is 1. The zero-order valence-corrected chi connectivity index (χ0v) is 16.3. The molecule has 1 atom stereocenters. The first-order valence-electron chi connectivity index (χ1n) is 9.05. The van der Waals surface area contributed by atoms with Crippen molar-refractivity contribution in [3.8, 4) is 11.4 Å². The summed E-state index contributed by atoms with van der Waals surface area (Å²) in [6.07, 6.45) is 3.60. The highest BCUT2D eigenvalue weighted by molar-refractivity contribution is 8.00. The first-order valence-corrected chi connectivity index (χ1v) is 9.93. The van der Waals surface area contributed by atoms with Crippen molar-refractivity contribution in [2.45, 2.75) is 23.9 Å². The number of fused-ring (bicyclic) bond motifs is 1. The minimum Gasteiger partial charge on any atom is -0.360 e. The van der Waals surface area contributed by atoms with Gasteiger partial charge in [0, 0.05) is 34.8 Å². The molecule has 0 amide bonds. The van der Waals surface area contributed by atoms with Crippen LogP contribution in [0.25, 0.3) is 22.3 Å². The Balaban J connectivity index is 1.62. The summed E-state index contributed by atoms with van der Waals surface area (Å²) < 4.78 is 1.99. The summed E-state index contributed by atoms with van der Waals surface area (Å²) in [5.74, 6) is 0.839. The second-order valence-electron chi connectivity index (χ2n) is 6.44. The third kappa shape index (κ3) is 3.39. The smallest absolute Gasteiger partial charge is 0.192 e. The number of aromatic nitrogens is 4. The molecule has 0 aliphatic rings. The molecule has 28 heavy (non-hydrogen) atoms. The number of Topliss-reactive ketones (excluding diaryl/α,β-unsaturated/α-hetero) is 1. The molecule has 0 unspecified atom stereocenters. The highest BCUT2D eigenvalue weighted by Gasteiger charge is 2.23. The molecule has 140 valence electrons. The highest BCUT2D eigenvalue weighted by Crippen LogP contribution is 2.30. The lowest BCUT2D eigenvalue weighted by Gasteiger charge is -2.11. The molecule has 2 aromatic carbocycles. The van der Waals surface area contributed by atoms with E-state index in [0.29, 0.717) is 17.3 Å². The molecule has 6 heteroatoms. The van der Waals surface area contributed by atoms with Crippen molar-refractivity contribution in [2.24, 2.45) is 0 Å². The van der Waals surface area contributed by atoms with Crippen molar-refractivity contribution in [1.29, 1.82) is 0 Å². The van der Waals surface area contributed by atoms with Crippen LogP contribution in [0.15, 0.2) is 78.6 Å². The van der Waals surface area contributed by atoms with Gasteiger partial charge in [-0.15, -0.1) is 16.8 Å². The number of carbonyl (C=O) groups excluding carboxylic acids is 1. The van der Waals surface area contributed by atoms with E-state index in [9.17, 15) is 4.79 Å². The van der Waals surface area contributed by atoms with Crippen molar-refractivity contribution in [3.63, 3.8) is 0 Å². The van der Waals surface area contributed by atoms with E-state index < -0.39 is 0 Å². The van der Waals surface area contributed by atoms with Crippen LogP contribution in [0.3, 0.4) is 0 Å². The van der Waals surface area contributed by atoms with Crippen LogP contribution in [0.4, 0.5) is 0 Å². The predicted molar refractivity (Wildman–Crippen MR) is 114 cm³/mol. The van der Waals surface area contributed by atoms with Gasteiger partial charge < -0.3 is 4.98 Å². The van der Waals surface area contributed by atoms with Crippen LogP contribution >= 0.6 is 11.8 Å². The number of hydrogen-bond acceptors (Lipinski definition) is 4. The van der Waals surface area contributed by atoms with Crippen LogP contribution in [0, 0.1) is 0 Å². The van der Waals surface area contributed by atoms with Gasteiger partial charge >= 0.3 is 0 Å². The fourth-order valence-electron chi connectivity index (χ4n) is 3.18. The summed E-state index contributed by atoms with van der Waals surface area (Å²) >= 11 is 1.42. The number of allylic oxidation sites excluding steroid dienone is 1. The number of hydrogen-bond donors (Lipinski definition) is 1. The second-order valence-corrected chi connectivity index (χ2v) is 7.75. The number of ketones is 1. The van der Waals surface area contributed by atoms with Crippen molar-refractivity contribution in [1.82, 2.24) is 19.7 Å². The van der Waals surface area contributed by atoms with Crippen LogP contribution in [-0.2, 0) is 6.54 Å². The maximum absolute atomic E-state index is 13.1. The summed E-state index contributed by atoms with van der Waals surface area (Å²) in [6.45, 7) is 6.33. The average molecular weight is 388 g/mol. The minimum absolute atomic E-state index is 0.0665. The van der Waals surface area contributed by atoms with Gasteiger partial charge in [0.1, 0.15) is 0 Å². The summed E-state index contributed by atoms with van der Waals surface area (Å²) in [7, 11) is 0.